The van der Waals surface area contributed by atoms with E-state index in [-0.39, 0.29) is 5.56 Å². The van der Waals surface area contributed by atoms with Crippen molar-refractivity contribution >= 4 is 11.0 Å². The molecule has 21 heavy (non-hydrogen) atoms. The summed E-state index contributed by atoms with van der Waals surface area (Å²) in [6, 6.07) is 0. The van der Waals surface area contributed by atoms with Gasteiger partial charge in [0.05, 0.1) is 6.20 Å². The van der Waals surface area contributed by atoms with Crippen LogP contribution in [0.1, 0.15) is 19.8 Å². The second kappa shape index (κ2) is 7.90. The lowest BCUT2D eigenvalue weighted by Crippen LogP contribution is -2.27. The van der Waals surface area contributed by atoms with Gasteiger partial charge in [0.15, 0.2) is 5.65 Å². The third-order valence-corrected chi connectivity index (χ3v) is 3.34. The van der Waals surface area contributed by atoms with E-state index in [1.165, 1.54) is 0 Å². The molecular formula is C14H23N5O2. The van der Waals surface area contributed by atoms with Crippen molar-refractivity contribution in [2.24, 2.45) is 7.05 Å². The SMILES string of the molecule is CCOCCCCNCCn1cnc2c(cnn2C)c1=O. The molecule has 0 aliphatic heterocycles. The van der Waals surface area contributed by atoms with Crippen molar-refractivity contribution in [3.63, 3.8) is 0 Å². The van der Waals surface area contributed by atoms with Crippen molar-refractivity contribution in [2.45, 2.75) is 26.3 Å². The first-order chi connectivity index (χ1) is 10.2. The van der Waals surface area contributed by atoms with Crippen LogP contribution < -0.4 is 10.9 Å². The number of aromatic nitrogens is 4. The number of hydrogen-bond donors (Lipinski definition) is 1. The Balaban J connectivity index is 1.76. The Hall–Kier alpha value is -1.73. The number of fused-ring (bicyclic) bond motifs is 1. The molecule has 2 heterocycles. The van der Waals surface area contributed by atoms with Crippen molar-refractivity contribution in [3.05, 3.63) is 22.9 Å². The molecule has 0 fully saturated rings. The van der Waals surface area contributed by atoms with Crippen molar-refractivity contribution in [2.75, 3.05) is 26.3 Å². The van der Waals surface area contributed by atoms with Gasteiger partial charge in [0, 0.05) is 33.4 Å². The monoisotopic (exact) mass is 293 g/mol. The molecule has 0 spiro atoms. The number of nitrogens with zero attached hydrogens (tertiary/aromatic N) is 4. The lowest BCUT2D eigenvalue weighted by molar-refractivity contribution is 0.143. The summed E-state index contributed by atoms with van der Waals surface area (Å²) in [5, 5.41) is 7.95. The van der Waals surface area contributed by atoms with Gasteiger partial charge < -0.3 is 10.1 Å². The van der Waals surface area contributed by atoms with Crippen LogP contribution in [0.5, 0.6) is 0 Å². The highest BCUT2D eigenvalue weighted by Gasteiger charge is 2.07. The highest BCUT2D eigenvalue weighted by molar-refractivity contribution is 5.72. The van der Waals surface area contributed by atoms with Crippen LogP contribution in [0.25, 0.3) is 11.0 Å². The Morgan fingerprint density at radius 3 is 3.00 bits per heavy atom. The molecule has 0 aliphatic carbocycles. The van der Waals surface area contributed by atoms with E-state index in [9.17, 15) is 4.79 Å². The predicted octanol–water partition coefficient (Wildman–Crippen LogP) is 0.536. The smallest absolute Gasteiger partial charge is 0.264 e. The van der Waals surface area contributed by atoms with Crippen molar-refractivity contribution in [1.82, 2.24) is 24.6 Å². The standard InChI is InChI=1S/C14H23N5O2/c1-3-21-9-5-4-6-15-7-8-19-11-16-13-12(14(19)20)10-17-18(13)2/h10-11,15H,3-9H2,1-2H3. The van der Waals surface area contributed by atoms with Gasteiger partial charge in [-0.25, -0.2) is 4.98 Å². The zero-order valence-electron chi connectivity index (χ0n) is 12.7. The summed E-state index contributed by atoms with van der Waals surface area (Å²) in [4.78, 5) is 16.5. The molecule has 0 aromatic carbocycles. The fraction of sp³-hybridized carbons (Fsp3) is 0.643. The molecule has 7 nitrogen and oxygen atoms in total. The fourth-order valence-electron chi connectivity index (χ4n) is 2.15. The zero-order valence-corrected chi connectivity index (χ0v) is 12.7. The Kier molecular flexibility index (Phi) is 5.89. The van der Waals surface area contributed by atoms with Crippen LogP contribution in [0.3, 0.4) is 0 Å². The molecule has 116 valence electrons. The van der Waals surface area contributed by atoms with Crippen LogP contribution in [-0.2, 0) is 18.3 Å². The number of unbranched alkanes of at least 4 members (excludes halogenated alkanes) is 1. The molecule has 0 saturated carbocycles. The molecule has 0 amide bonds. The summed E-state index contributed by atoms with van der Waals surface area (Å²) < 4.78 is 8.51. The number of ether oxygens (including phenoxy) is 1. The summed E-state index contributed by atoms with van der Waals surface area (Å²) in [6.45, 7) is 5.90. The average molecular weight is 293 g/mol. The molecular weight excluding hydrogens is 270 g/mol. The molecule has 2 aromatic rings. The fourth-order valence-corrected chi connectivity index (χ4v) is 2.15. The van der Waals surface area contributed by atoms with Gasteiger partial charge in [0.1, 0.15) is 11.7 Å². The van der Waals surface area contributed by atoms with Crippen molar-refractivity contribution in [3.8, 4) is 0 Å². The van der Waals surface area contributed by atoms with Gasteiger partial charge in [-0.05, 0) is 26.3 Å². The highest BCUT2D eigenvalue weighted by Crippen LogP contribution is 2.02. The Labute approximate surface area is 123 Å². The van der Waals surface area contributed by atoms with E-state index in [4.69, 9.17) is 4.74 Å². The third kappa shape index (κ3) is 4.12. The normalized spacial score (nSPS) is 11.3. The lowest BCUT2D eigenvalue weighted by Gasteiger charge is -2.07. The predicted molar refractivity (Wildman–Crippen MR) is 81.4 cm³/mol. The minimum Gasteiger partial charge on any atom is -0.382 e. The summed E-state index contributed by atoms with van der Waals surface area (Å²) in [5.41, 5.74) is 0.589. The summed E-state index contributed by atoms with van der Waals surface area (Å²) in [7, 11) is 1.78. The molecule has 0 aliphatic rings. The van der Waals surface area contributed by atoms with Crippen LogP contribution in [0.15, 0.2) is 17.3 Å². The second-order valence-corrected chi connectivity index (χ2v) is 4.90. The molecule has 2 aromatic heterocycles. The Morgan fingerprint density at radius 2 is 2.19 bits per heavy atom. The van der Waals surface area contributed by atoms with E-state index in [1.807, 2.05) is 6.92 Å². The van der Waals surface area contributed by atoms with E-state index in [1.54, 1.807) is 28.8 Å². The van der Waals surface area contributed by atoms with Crippen molar-refractivity contribution in [1.29, 1.82) is 0 Å². The van der Waals surface area contributed by atoms with Crippen LogP contribution in [0.2, 0.25) is 0 Å². The first kappa shape index (κ1) is 15.7. The largest absolute Gasteiger partial charge is 0.382 e. The van der Waals surface area contributed by atoms with E-state index in [2.05, 4.69) is 15.4 Å². The molecule has 7 heteroatoms. The molecule has 0 unspecified atom stereocenters. The van der Waals surface area contributed by atoms with Crippen LogP contribution in [0, 0.1) is 0 Å². The Morgan fingerprint density at radius 1 is 1.33 bits per heavy atom. The van der Waals surface area contributed by atoms with Gasteiger partial charge in [-0.2, -0.15) is 5.10 Å². The zero-order chi connectivity index (χ0) is 15.1. The average Bonchev–Trinajstić information content (AvgIpc) is 2.86. The molecule has 0 radical (unpaired) electrons. The summed E-state index contributed by atoms with van der Waals surface area (Å²) >= 11 is 0. The van der Waals surface area contributed by atoms with E-state index in [0.29, 0.717) is 17.6 Å². The van der Waals surface area contributed by atoms with Gasteiger partial charge in [-0.15, -0.1) is 0 Å². The first-order valence-corrected chi connectivity index (χ1v) is 7.39. The van der Waals surface area contributed by atoms with Gasteiger partial charge in [-0.3, -0.25) is 14.0 Å². The van der Waals surface area contributed by atoms with Crippen molar-refractivity contribution < 1.29 is 4.74 Å². The quantitative estimate of drug-likeness (QED) is 0.683. The highest BCUT2D eigenvalue weighted by atomic mass is 16.5. The molecule has 0 atom stereocenters. The number of nitrogens with one attached hydrogen (secondary N) is 1. The number of aryl methyl sites for hydroxylation is 1. The van der Waals surface area contributed by atoms with E-state index in [0.717, 1.165) is 39.1 Å². The second-order valence-electron chi connectivity index (χ2n) is 4.90. The van der Waals surface area contributed by atoms with Crippen LogP contribution in [-0.4, -0.2) is 45.6 Å². The number of rotatable bonds is 9. The van der Waals surface area contributed by atoms with Crippen LogP contribution >= 0.6 is 0 Å². The third-order valence-electron chi connectivity index (χ3n) is 3.34. The summed E-state index contributed by atoms with van der Waals surface area (Å²) in [5.74, 6) is 0. The topological polar surface area (TPSA) is 74.0 Å². The Bertz CT molecular complexity index is 619. The van der Waals surface area contributed by atoms with E-state index >= 15 is 0 Å². The van der Waals surface area contributed by atoms with Gasteiger partial charge in [0.2, 0.25) is 0 Å². The molecule has 2 rings (SSSR count). The summed E-state index contributed by atoms with van der Waals surface area (Å²) in [6.07, 6.45) is 5.30. The minimum absolute atomic E-state index is 0.0359. The first-order valence-electron chi connectivity index (χ1n) is 7.39. The van der Waals surface area contributed by atoms with Gasteiger partial charge >= 0.3 is 0 Å². The maximum Gasteiger partial charge on any atom is 0.264 e. The van der Waals surface area contributed by atoms with Gasteiger partial charge in [0.25, 0.3) is 5.56 Å². The number of hydrogen-bond acceptors (Lipinski definition) is 5. The molecule has 1 N–H and O–H groups in total. The maximum atomic E-state index is 12.2. The maximum absolute atomic E-state index is 12.2. The van der Waals surface area contributed by atoms with Gasteiger partial charge in [-0.1, -0.05) is 0 Å². The van der Waals surface area contributed by atoms with Crippen LogP contribution in [0.4, 0.5) is 0 Å². The lowest BCUT2D eigenvalue weighted by atomic mass is 10.3. The molecule has 0 saturated heterocycles. The minimum atomic E-state index is -0.0359. The molecule has 0 bridgehead atoms. The van der Waals surface area contributed by atoms with E-state index < -0.39 is 0 Å².